The van der Waals surface area contributed by atoms with Crippen molar-refractivity contribution < 1.29 is 4.39 Å². The van der Waals surface area contributed by atoms with Crippen LogP contribution >= 0.6 is 27.5 Å². The molecule has 0 fully saturated rings. The maximum absolute atomic E-state index is 12.8. The van der Waals surface area contributed by atoms with Crippen LogP contribution in [0.25, 0.3) is 0 Å². The van der Waals surface area contributed by atoms with Crippen molar-refractivity contribution in [3.05, 3.63) is 28.8 Å². The molecule has 12 heavy (non-hydrogen) atoms. The maximum atomic E-state index is 12.8. The van der Waals surface area contributed by atoms with Gasteiger partial charge in [-0.25, -0.2) is 4.98 Å². The lowest BCUT2D eigenvalue weighted by Crippen LogP contribution is -1.87. The number of nitrogens with zero attached hydrogens (tertiary/aromatic N) is 1. The molecule has 0 saturated carbocycles. The molecule has 4 heteroatoms. The molecule has 1 heterocycles. The Balaban J connectivity index is 3.05. The molecule has 0 unspecified atom stereocenters. The van der Waals surface area contributed by atoms with E-state index in [1.54, 1.807) is 0 Å². The van der Waals surface area contributed by atoms with Crippen molar-refractivity contribution >= 4 is 27.5 Å². The van der Waals surface area contributed by atoms with Crippen LogP contribution in [0.15, 0.2) is 12.3 Å². The average Bonchev–Trinajstić information content (AvgIpc) is 2.07. The van der Waals surface area contributed by atoms with Gasteiger partial charge in [-0.2, -0.15) is 4.39 Å². The summed E-state index contributed by atoms with van der Waals surface area (Å²) in [4.78, 5) is 3.42. The van der Waals surface area contributed by atoms with Crippen LogP contribution in [0.2, 0.25) is 5.02 Å². The minimum atomic E-state index is -0.590. The molecule has 1 aromatic rings. The summed E-state index contributed by atoms with van der Waals surface area (Å²) in [5, 5.41) is 0.883. The van der Waals surface area contributed by atoms with Crippen LogP contribution in [0, 0.1) is 17.8 Å². The molecule has 0 aliphatic heterocycles. The molecule has 0 aliphatic carbocycles. The lowest BCUT2D eigenvalue weighted by Gasteiger charge is -1.92. The van der Waals surface area contributed by atoms with E-state index >= 15 is 0 Å². The Bertz CT molecular complexity index is 343. The Kier molecular flexibility index (Phi) is 3.51. The lowest BCUT2D eigenvalue weighted by atomic mass is 10.3. The predicted octanol–water partition coefficient (Wildman–Crippen LogP) is 2.62. The van der Waals surface area contributed by atoms with Gasteiger partial charge in [0.25, 0.3) is 0 Å². The molecule has 0 saturated heterocycles. The van der Waals surface area contributed by atoms with E-state index in [9.17, 15) is 4.39 Å². The van der Waals surface area contributed by atoms with E-state index in [1.165, 1.54) is 12.3 Å². The minimum absolute atomic E-state index is 0.224. The second kappa shape index (κ2) is 4.44. The van der Waals surface area contributed by atoms with Gasteiger partial charge in [-0.15, -0.1) is 0 Å². The SMILES string of the molecule is Fc1ncc(Cl)cc1C#CCBr. The van der Waals surface area contributed by atoms with Crippen LogP contribution in [-0.2, 0) is 0 Å². The first-order valence-corrected chi connectivity index (χ1v) is 4.60. The molecule has 0 bridgehead atoms. The van der Waals surface area contributed by atoms with Crippen LogP contribution in [0.4, 0.5) is 4.39 Å². The summed E-state index contributed by atoms with van der Waals surface area (Å²) < 4.78 is 12.8. The number of halogens is 3. The number of alkyl halides is 1. The van der Waals surface area contributed by atoms with E-state index in [1.807, 2.05) is 0 Å². The Morgan fingerprint density at radius 1 is 1.67 bits per heavy atom. The Labute approximate surface area is 83.1 Å². The van der Waals surface area contributed by atoms with Crippen LogP contribution < -0.4 is 0 Å². The van der Waals surface area contributed by atoms with Crippen LogP contribution in [0.3, 0.4) is 0 Å². The van der Waals surface area contributed by atoms with Crippen molar-refractivity contribution in [2.75, 3.05) is 5.33 Å². The highest BCUT2D eigenvalue weighted by Crippen LogP contribution is 2.10. The van der Waals surface area contributed by atoms with E-state index in [0.29, 0.717) is 10.4 Å². The third-order valence-electron chi connectivity index (χ3n) is 1.10. The Morgan fingerprint density at radius 2 is 2.42 bits per heavy atom. The Morgan fingerprint density at radius 3 is 3.08 bits per heavy atom. The quantitative estimate of drug-likeness (QED) is 0.391. The lowest BCUT2D eigenvalue weighted by molar-refractivity contribution is 0.580. The molecule has 1 aromatic heterocycles. The maximum Gasteiger partial charge on any atom is 0.228 e. The summed E-state index contributed by atoms with van der Waals surface area (Å²) in [5.74, 6) is 4.66. The van der Waals surface area contributed by atoms with E-state index < -0.39 is 5.95 Å². The third-order valence-corrected chi connectivity index (χ3v) is 1.58. The molecule has 0 radical (unpaired) electrons. The first-order chi connectivity index (χ1) is 5.74. The summed E-state index contributed by atoms with van der Waals surface area (Å²) in [7, 11) is 0. The van der Waals surface area contributed by atoms with Crippen molar-refractivity contribution in [2.45, 2.75) is 0 Å². The fourth-order valence-corrected chi connectivity index (χ4v) is 0.937. The van der Waals surface area contributed by atoms with Gasteiger partial charge in [-0.3, -0.25) is 0 Å². The largest absolute Gasteiger partial charge is 0.228 e. The number of hydrogen-bond donors (Lipinski definition) is 0. The number of rotatable bonds is 0. The smallest absolute Gasteiger partial charge is 0.226 e. The molecular weight excluding hydrogens is 244 g/mol. The zero-order chi connectivity index (χ0) is 8.97. The van der Waals surface area contributed by atoms with Crippen LogP contribution in [-0.4, -0.2) is 10.3 Å². The molecular formula is C8H4BrClFN. The van der Waals surface area contributed by atoms with Gasteiger partial charge in [0.05, 0.1) is 15.9 Å². The van der Waals surface area contributed by atoms with E-state index in [0.717, 1.165) is 0 Å². The fourth-order valence-electron chi connectivity index (χ4n) is 0.639. The second-order valence-electron chi connectivity index (χ2n) is 1.93. The highest BCUT2D eigenvalue weighted by Gasteiger charge is 1.99. The van der Waals surface area contributed by atoms with Crippen molar-refractivity contribution in [1.29, 1.82) is 0 Å². The summed E-state index contributed by atoms with van der Waals surface area (Å²) >= 11 is 8.69. The standard InChI is InChI=1S/C8H4BrClFN/c9-3-1-2-6-4-7(10)5-12-8(6)11/h4-5H,3H2. The number of aromatic nitrogens is 1. The van der Waals surface area contributed by atoms with Gasteiger partial charge in [0.2, 0.25) is 5.95 Å². The van der Waals surface area contributed by atoms with Gasteiger partial charge < -0.3 is 0 Å². The summed E-state index contributed by atoms with van der Waals surface area (Å²) in [6, 6.07) is 1.44. The number of pyridine rings is 1. The summed E-state index contributed by atoms with van der Waals surface area (Å²) in [5.41, 5.74) is 0.224. The van der Waals surface area contributed by atoms with Gasteiger partial charge in [0.1, 0.15) is 0 Å². The van der Waals surface area contributed by atoms with Crippen LogP contribution in [0.5, 0.6) is 0 Å². The van der Waals surface area contributed by atoms with Gasteiger partial charge in [0.15, 0.2) is 0 Å². The Hall–Kier alpha value is -0.590. The van der Waals surface area contributed by atoms with Gasteiger partial charge in [-0.05, 0) is 6.07 Å². The number of hydrogen-bond acceptors (Lipinski definition) is 1. The van der Waals surface area contributed by atoms with Crippen LogP contribution in [0.1, 0.15) is 5.56 Å². The van der Waals surface area contributed by atoms with Crippen molar-refractivity contribution in [3.63, 3.8) is 0 Å². The molecule has 0 aliphatic rings. The summed E-state index contributed by atoms with van der Waals surface area (Å²) in [6.45, 7) is 0. The molecule has 1 rings (SSSR count). The average molecular weight is 248 g/mol. The second-order valence-corrected chi connectivity index (χ2v) is 2.92. The monoisotopic (exact) mass is 247 g/mol. The zero-order valence-electron chi connectivity index (χ0n) is 5.94. The van der Waals surface area contributed by atoms with Gasteiger partial charge in [-0.1, -0.05) is 39.4 Å². The first kappa shape index (κ1) is 9.50. The van der Waals surface area contributed by atoms with E-state index in [-0.39, 0.29) is 5.56 Å². The highest BCUT2D eigenvalue weighted by atomic mass is 79.9. The molecule has 0 N–H and O–H groups in total. The molecule has 0 aromatic carbocycles. The van der Waals surface area contributed by atoms with E-state index in [4.69, 9.17) is 11.6 Å². The molecule has 0 spiro atoms. The molecule has 0 amide bonds. The zero-order valence-corrected chi connectivity index (χ0v) is 8.28. The highest BCUT2D eigenvalue weighted by molar-refractivity contribution is 9.09. The minimum Gasteiger partial charge on any atom is -0.226 e. The molecule has 0 atom stereocenters. The first-order valence-electron chi connectivity index (χ1n) is 3.10. The molecule has 62 valence electrons. The van der Waals surface area contributed by atoms with Crippen molar-refractivity contribution in [1.82, 2.24) is 4.98 Å². The normalized spacial score (nSPS) is 8.92. The molecule has 1 nitrogen and oxygen atoms in total. The summed E-state index contributed by atoms with van der Waals surface area (Å²) in [6.07, 6.45) is 1.25. The van der Waals surface area contributed by atoms with E-state index in [2.05, 4.69) is 32.8 Å². The fraction of sp³-hybridized carbons (Fsp3) is 0.125. The van der Waals surface area contributed by atoms with Gasteiger partial charge in [0, 0.05) is 6.20 Å². The topological polar surface area (TPSA) is 12.9 Å². The van der Waals surface area contributed by atoms with Crippen molar-refractivity contribution in [2.24, 2.45) is 0 Å². The predicted molar refractivity (Wildman–Crippen MR) is 49.9 cm³/mol. The third kappa shape index (κ3) is 2.47. The van der Waals surface area contributed by atoms with Gasteiger partial charge >= 0.3 is 0 Å². The van der Waals surface area contributed by atoms with Crippen molar-refractivity contribution in [3.8, 4) is 11.8 Å².